The molecule has 1 N–H and O–H groups in total. The van der Waals surface area contributed by atoms with Crippen molar-refractivity contribution in [1.29, 1.82) is 0 Å². The lowest BCUT2D eigenvalue weighted by molar-refractivity contribution is -0.114. The Balaban J connectivity index is 1.24. The zero-order chi connectivity index (χ0) is 23.4. The number of aliphatic imine (C=N–C) groups is 1. The highest BCUT2D eigenvalue weighted by molar-refractivity contribution is 7.15. The molecule has 3 aliphatic heterocycles. The van der Waals surface area contributed by atoms with Crippen molar-refractivity contribution in [3.63, 3.8) is 0 Å². The number of allylic oxidation sites excluding steroid dienone is 1. The second kappa shape index (κ2) is 10.6. The number of rotatable bonds is 10. The van der Waals surface area contributed by atoms with Gasteiger partial charge >= 0.3 is 0 Å². The summed E-state index contributed by atoms with van der Waals surface area (Å²) >= 11 is 1.57. The summed E-state index contributed by atoms with van der Waals surface area (Å²) in [4.78, 5) is 26.3. The van der Waals surface area contributed by atoms with Gasteiger partial charge in [0, 0.05) is 58.2 Å². The molecule has 7 nitrogen and oxygen atoms in total. The topological polar surface area (TPSA) is 70.1 Å². The van der Waals surface area contributed by atoms with Crippen molar-refractivity contribution in [3.8, 4) is 0 Å². The van der Waals surface area contributed by atoms with Crippen LogP contribution in [0.5, 0.6) is 0 Å². The van der Waals surface area contributed by atoms with Crippen LogP contribution in [-0.2, 0) is 16.1 Å². The molecule has 9 heteroatoms. The van der Waals surface area contributed by atoms with Gasteiger partial charge < -0.3 is 15.0 Å². The van der Waals surface area contributed by atoms with Crippen molar-refractivity contribution in [3.05, 3.63) is 35.0 Å². The van der Waals surface area contributed by atoms with Crippen molar-refractivity contribution in [2.45, 2.75) is 64.1 Å². The van der Waals surface area contributed by atoms with E-state index in [-0.39, 0.29) is 11.9 Å². The van der Waals surface area contributed by atoms with E-state index in [1.54, 1.807) is 11.3 Å². The Morgan fingerprint density at radius 1 is 1.36 bits per heavy atom. The Labute approximate surface area is 202 Å². The number of fused-ring (bicyclic) bond motifs is 1. The van der Waals surface area contributed by atoms with Crippen LogP contribution in [0, 0.1) is 5.92 Å². The molecule has 0 aliphatic carbocycles. The molecule has 180 valence electrons. The quantitative estimate of drug-likeness (QED) is 0.396. The van der Waals surface area contributed by atoms with Crippen LogP contribution in [0.1, 0.15) is 24.6 Å². The van der Waals surface area contributed by atoms with Gasteiger partial charge in [0.15, 0.2) is 5.13 Å². The van der Waals surface area contributed by atoms with Gasteiger partial charge in [-0.1, -0.05) is 25.7 Å². The van der Waals surface area contributed by atoms with Crippen LogP contribution >= 0.6 is 11.3 Å². The van der Waals surface area contributed by atoms with Gasteiger partial charge in [-0.15, -0.1) is 11.3 Å². The van der Waals surface area contributed by atoms with Crippen molar-refractivity contribution in [2.24, 2.45) is 10.9 Å². The highest BCUT2D eigenvalue weighted by Gasteiger charge is 2.31. The summed E-state index contributed by atoms with van der Waals surface area (Å²) in [5.41, 5.74) is 1.35. The lowest BCUT2D eigenvalue weighted by atomic mass is 9.94. The monoisotopic (exact) mass is 487 g/mol. The number of aromatic nitrogens is 1. The normalized spacial score (nSPS) is 24.9. The Kier molecular flexibility index (Phi) is 7.83. The molecule has 1 aromatic rings. The second-order valence-electron chi connectivity index (χ2n) is 10.6. The fraction of sp³-hybridized carbons (Fsp3) is 0.625. The number of likely N-dealkylation sites (tertiary alicyclic amines) is 1. The lowest BCUT2D eigenvalue weighted by Crippen LogP contribution is -2.36. The SMILES string of the molecule is CC(=O)Nc1ncc(CN2CCC(CC3=CC4C(C=CN4COCC[Si](C)(C)C)N=C3)C2)s1. The number of ether oxygens (including phenoxy) is 1. The maximum atomic E-state index is 11.2. The molecule has 1 amide bonds. The Bertz CT molecular complexity index is 922. The summed E-state index contributed by atoms with van der Waals surface area (Å²) in [6.07, 6.45) is 13.0. The molecular formula is C24H37N5O2SSi. The van der Waals surface area contributed by atoms with E-state index < -0.39 is 8.07 Å². The summed E-state index contributed by atoms with van der Waals surface area (Å²) < 4.78 is 6.00. The molecule has 0 aromatic carbocycles. The predicted octanol–water partition coefficient (Wildman–Crippen LogP) is 4.20. The van der Waals surface area contributed by atoms with Gasteiger partial charge in [-0.25, -0.2) is 4.98 Å². The highest BCUT2D eigenvalue weighted by atomic mass is 32.1. The van der Waals surface area contributed by atoms with Gasteiger partial charge in [0.25, 0.3) is 0 Å². The maximum absolute atomic E-state index is 11.2. The van der Waals surface area contributed by atoms with Gasteiger partial charge in [0.1, 0.15) is 6.73 Å². The number of hydrogen-bond donors (Lipinski definition) is 1. The van der Waals surface area contributed by atoms with Gasteiger partial charge in [0.2, 0.25) is 5.91 Å². The smallest absolute Gasteiger partial charge is 0.223 e. The first-order chi connectivity index (χ1) is 15.7. The zero-order valence-electron chi connectivity index (χ0n) is 20.3. The van der Waals surface area contributed by atoms with E-state index in [9.17, 15) is 4.79 Å². The average molecular weight is 488 g/mol. The first-order valence-electron chi connectivity index (χ1n) is 12.0. The highest BCUT2D eigenvalue weighted by Crippen LogP contribution is 2.30. The van der Waals surface area contributed by atoms with Crippen LogP contribution < -0.4 is 5.32 Å². The van der Waals surface area contributed by atoms with E-state index in [0.29, 0.717) is 23.8 Å². The Morgan fingerprint density at radius 2 is 2.21 bits per heavy atom. The minimum Gasteiger partial charge on any atom is -0.361 e. The first kappa shape index (κ1) is 24.3. The third kappa shape index (κ3) is 7.08. The molecule has 1 saturated heterocycles. The van der Waals surface area contributed by atoms with Gasteiger partial charge in [-0.2, -0.15) is 0 Å². The summed E-state index contributed by atoms with van der Waals surface area (Å²) in [6, 6.07) is 1.71. The molecule has 33 heavy (non-hydrogen) atoms. The standard InChI is InChI=1S/C24H37N5O2SSi/c1-18(30)27-24-26-14-21(32-24)16-28-7-5-19(15-28)11-20-12-23-22(25-13-20)6-8-29(23)17-31-9-10-33(2,3)4/h6,8,12-14,19,22-23H,5,7,9-11,15-17H2,1-4H3,(H,26,27,30). The number of dihydropyridines is 1. The number of carbonyl (C=O) groups excluding carboxylic acids is 1. The van der Waals surface area contributed by atoms with Crippen LogP contribution in [0.4, 0.5) is 5.13 Å². The largest absolute Gasteiger partial charge is 0.361 e. The number of carbonyl (C=O) groups is 1. The molecule has 4 rings (SSSR count). The third-order valence-corrected chi connectivity index (χ3v) is 8.95. The van der Waals surface area contributed by atoms with Crippen molar-refractivity contribution >= 4 is 36.7 Å². The minimum atomic E-state index is -1.06. The number of nitrogens with one attached hydrogen (secondary N) is 1. The summed E-state index contributed by atoms with van der Waals surface area (Å²) in [5.74, 6) is 0.578. The molecule has 3 unspecified atom stereocenters. The number of nitrogens with zero attached hydrogens (tertiary/aromatic N) is 4. The molecule has 0 radical (unpaired) electrons. The van der Waals surface area contributed by atoms with Crippen molar-refractivity contribution < 1.29 is 9.53 Å². The number of hydrogen-bond acceptors (Lipinski definition) is 7. The molecule has 4 heterocycles. The van der Waals surface area contributed by atoms with E-state index in [0.717, 1.165) is 32.7 Å². The molecule has 0 saturated carbocycles. The van der Waals surface area contributed by atoms with E-state index >= 15 is 0 Å². The van der Waals surface area contributed by atoms with Crippen molar-refractivity contribution in [2.75, 3.05) is 31.7 Å². The average Bonchev–Trinajstić information content (AvgIpc) is 3.45. The molecule has 1 fully saturated rings. The fourth-order valence-electron chi connectivity index (χ4n) is 4.55. The van der Waals surface area contributed by atoms with Crippen molar-refractivity contribution in [1.82, 2.24) is 14.8 Å². The van der Waals surface area contributed by atoms with Crippen LogP contribution in [-0.4, -0.2) is 73.5 Å². The number of thiazole rings is 1. The summed E-state index contributed by atoms with van der Waals surface area (Å²) in [5, 5.41) is 3.45. The Morgan fingerprint density at radius 3 is 3.00 bits per heavy atom. The van der Waals surface area contributed by atoms with Gasteiger partial charge in [-0.05, 0) is 43.0 Å². The maximum Gasteiger partial charge on any atom is 0.223 e. The molecule has 3 atom stereocenters. The summed E-state index contributed by atoms with van der Waals surface area (Å²) in [7, 11) is -1.06. The lowest BCUT2D eigenvalue weighted by Gasteiger charge is -2.29. The second-order valence-corrected chi connectivity index (χ2v) is 17.3. The van der Waals surface area contributed by atoms with E-state index in [1.165, 1.54) is 29.8 Å². The first-order valence-corrected chi connectivity index (χ1v) is 16.5. The van der Waals surface area contributed by atoms with Crippen LogP contribution in [0.3, 0.4) is 0 Å². The summed E-state index contributed by atoms with van der Waals surface area (Å²) in [6.45, 7) is 13.3. The van der Waals surface area contributed by atoms with E-state index in [4.69, 9.17) is 9.73 Å². The fourth-order valence-corrected chi connectivity index (χ4v) is 6.21. The van der Waals surface area contributed by atoms with Gasteiger partial charge in [-0.3, -0.25) is 14.7 Å². The minimum absolute atomic E-state index is 0.0732. The molecule has 0 spiro atoms. The molecule has 0 bridgehead atoms. The molecule has 3 aliphatic rings. The van der Waals surface area contributed by atoms with Crippen LogP contribution in [0.2, 0.25) is 25.7 Å². The number of anilines is 1. The Hall–Kier alpha value is -1.81. The van der Waals surface area contributed by atoms with Crippen LogP contribution in [0.15, 0.2) is 35.1 Å². The van der Waals surface area contributed by atoms with E-state index in [2.05, 4.69) is 64.3 Å². The number of amides is 1. The zero-order valence-corrected chi connectivity index (χ0v) is 22.1. The molecule has 1 aromatic heterocycles. The third-order valence-electron chi connectivity index (χ3n) is 6.35. The predicted molar refractivity (Wildman–Crippen MR) is 139 cm³/mol. The van der Waals surface area contributed by atoms with Crippen LogP contribution in [0.25, 0.3) is 0 Å². The van der Waals surface area contributed by atoms with E-state index in [1.807, 2.05) is 6.20 Å². The molecular weight excluding hydrogens is 450 g/mol. The van der Waals surface area contributed by atoms with Gasteiger partial charge in [0.05, 0.1) is 12.1 Å².